The van der Waals surface area contributed by atoms with Gasteiger partial charge in [0.1, 0.15) is 6.61 Å². The molecule has 1 aliphatic rings. The Morgan fingerprint density at radius 3 is 2.89 bits per heavy atom. The smallest absolute Gasteiger partial charge is 0.226 e. The zero-order valence-electron chi connectivity index (χ0n) is 12.1. The van der Waals surface area contributed by atoms with Crippen LogP contribution in [-0.2, 0) is 0 Å². The van der Waals surface area contributed by atoms with Gasteiger partial charge in [-0.1, -0.05) is 6.92 Å². The van der Waals surface area contributed by atoms with Gasteiger partial charge in [-0.15, -0.1) is 0 Å². The van der Waals surface area contributed by atoms with Crippen LogP contribution in [0.25, 0.3) is 0 Å². The molecule has 0 radical (unpaired) electrons. The van der Waals surface area contributed by atoms with E-state index >= 15 is 0 Å². The average Bonchev–Trinajstić information content (AvgIpc) is 3.20. The van der Waals surface area contributed by atoms with Crippen molar-refractivity contribution < 1.29 is 4.74 Å². The van der Waals surface area contributed by atoms with Crippen molar-refractivity contribution >= 4 is 5.95 Å². The van der Waals surface area contributed by atoms with Crippen molar-refractivity contribution in [2.24, 2.45) is 0 Å². The minimum absolute atomic E-state index is 0.660. The summed E-state index contributed by atoms with van der Waals surface area (Å²) in [5, 5.41) is 3.19. The number of aryl methyl sites for hydroxylation is 1. The Morgan fingerprint density at radius 1 is 1.42 bits per heavy atom. The molecule has 1 saturated carbocycles. The lowest BCUT2D eigenvalue weighted by atomic mass is 10.4. The molecule has 0 bridgehead atoms. The molecule has 1 aliphatic carbocycles. The molecule has 1 N–H and O–H groups in total. The predicted molar refractivity (Wildman–Crippen MR) is 76.7 cm³/mol. The Bertz CT molecular complexity index is 406. The van der Waals surface area contributed by atoms with Gasteiger partial charge in [0.15, 0.2) is 0 Å². The van der Waals surface area contributed by atoms with Gasteiger partial charge in [-0.05, 0) is 33.2 Å². The van der Waals surface area contributed by atoms with E-state index in [0.29, 0.717) is 18.4 Å². The van der Waals surface area contributed by atoms with Crippen molar-refractivity contribution in [3.05, 3.63) is 11.8 Å². The van der Waals surface area contributed by atoms with Crippen LogP contribution in [0.3, 0.4) is 0 Å². The van der Waals surface area contributed by atoms with Crippen molar-refractivity contribution in [3.63, 3.8) is 0 Å². The highest BCUT2D eigenvalue weighted by atomic mass is 16.5. The third-order valence-electron chi connectivity index (χ3n) is 3.23. The Labute approximate surface area is 115 Å². The van der Waals surface area contributed by atoms with Gasteiger partial charge in [0, 0.05) is 30.9 Å². The van der Waals surface area contributed by atoms with E-state index in [4.69, 9.17) is 4.74 Å². The van der Waals surface area contributed by atoms with Crippen molar-refractivity contribution in [2.75, 3.05) is 32.1 Å². The molecule has 19 heavy (non-hydrogen) atoms. The first-order valence-electron chi connectivity index (χ1n) is 7.11. The van der Waals surface area contributed by atoms with E-state index in [2.05, 4.69) is 34.2 Å². The molecule has 0 amide bonds. The van der Waals surface area contributed by atoms with Gasteiger partial charge in [0.25, 0.3) is 0 Å². The van der Waals surface area contributed by atoms with Gasteiger partial charge in [0.05, 0.1) is 0 Å². The van der Waals surface area contributed by atoms with E-state index in [1.165, 1.54) is 12.8 Å². The highest BCUT2D eigenvalue weighted by Gasteiger charge is 2.25. The molecule has 1 aromatic heterocycles. The second-order valence-electron chi connectivity index (χ2n) is 5.16. The molecule has 0 aromatic carbocycles. The van der Waals surface area contributed by atoms with Crippen molar-refractivity contribution in [3.8, 4) is 5.88 Å². The van der Waals surface area contributed by atoms with Crippen LogP contribution >= 0.6 is 0 Å². The second kappa shape index (κ2) is 6.70. The minimum Gasteiger partial charge on any atom is -0.476 e. The highest BCUT2D eigenvalue weighted by molar-refractivity contribution is 5.30. The maximum Gasteiger partial charge on any atom is 0.226 e. The molecule has 106 valence electrons. The largest absolute Gasteiger partial charge is 0.476 e. The van der Waals surface area contributed by atoms with Gasteiger partial charge in [-0.2, -0.15) is 4.98 Å². The zero-order chi connectivity index (χ0) is 13.7. The molecule has 0 unspecified atom stereocenters. The van der Waals surface area contributed by atoms with Crippen molar-refractivity contribution in [1.29, 1.82) is 0 Å². The van der Waals surface area contributed by atoms with Gasteiger partial charge >= 0.3 is 0 Å². The lowest BCUT2D eigenvalue weighted by Gasteiger charge is -2.15. The number of hydrogen-bond acceptors (Lipinski definition) is 5. The summed E-state index contributed by atoms with van der Waals surface area (Å²) in [6.07, 6.45) is 3.71. The van der Waals surface area contributed by atoms with Gasteiger partial charge in [-0.25, -0.2) is 4.98 Å². The molecule has 1 fully saturated rings. The summed E-state index contributed by atoms with van der Waals surface area (Å²) < 4.78 is 5.72. The molecule has 0 atom stereocenters. The Morgan fingerprint density at radius 2 is 2.21 bits per heavy atom. The predicted octanol–water partition coefficient (Wildman–Crippen LogP) is 2.08. The fraction of sp³-hybridized carbons (Fsp3) is 0.714. The number of aromatic nitrogens is 2. The first-order chi connectivity index (χ1) is 9.19. The van der Waals surface area contributed by atoms with Crippen LogP contribution in [0.15, 0.2) is 6.07 Å². The number of likely N-dealkylation sites (N-methyl/N-ethyl adjacent to an activating group) is 1. The number of nitrogens with zero attached hydrogens (tertiary/aromatic N) is 3. The van der Waals surface area contributed by atoms with Crippen LogP contribution in [0, 0.1) is 6.92 Å². The summed E-state index contributed by atoms with van der Waals surface area (Å²) in [6, 6.07) is 2.66. The normalized spacial score (nSPS) is 14.7. The fourth-order valence-corrected chi connectivity index (χ4v) is 1.92. The number of hydrogen-bond donors (Lipinski definition) is 1. The van der Waals surface area contributed by atoms with Crippen LogP contribution < -0.4 is 10.1 Å². The monoisotopic (exact) mass is 264 g/mol. The molecule has 1 heterocycles. The third kappa shape index (κ3) is 4.67. The number of nitrogens with one attached hydrogen (secondary N) is 1. The SMILES string of the molecule is CCCNc1nc(C)cc(OCCN(C)C2CC2)n1. The number of ether oxygens (including phenoxy) is 1. The summed E-state index contributed by atoms with van der Waals surface area (Å²) in [7, 11) is 2.15. The molecular formula is C14H24N4O. The zero-order valence-corrected chi connectivity index (χ0v) is 12.1. The Kier molecular flexibility index (Phi) is 4.96. The van der Waals surface area contributed by atoms with E-state index < -0.39 is 0 Å². The second-order valence-corrected chi connectivity index (χ2v) is 5.16. The maximum atomic E-state index is 5.72. The molecule has 0 spiro atoms. The fourth-order valence-electron chi connectivity index (χ4n) is 1.92. The molecule has 5 heteroatoms. The van der Waals surface area contributed by atoms with E-state index in [0.717, 1.165) is 31.2 Å². The number of rotatable bonds is 8. The Balaban J connectivity index is 1.82. The molecule has 0 saturated heterocycles. The highest BCUT2D eigenvalue weighted by Crippen LogP contribution is 2.24. The van der Waals surface area contributed by atoms with Crippen molar-refractivity contribution in [1.82, 2.24) is 14.9 Å². The Hall–Kier alpha value is -1.36. The van der Waals surface area contributed by atoms with Gasteiger partial charge in [-0.3, -0.25) is 0 Å². The van der Waals surface area contributed by atoms with Crippen molar-refractivity contribution in [2.45, 2.75) is 39.2 Å². The summed E-state index contributed by atoms with van der Waals surface area (Å²) in [5.74, 6) is 1.32. The first kappa shape index (κ1) is 14.1. The number of anilines is 1. The standard InChI is InChI=1S/C14H24N4O/c1-4-7-15-14-16-11(2)10-13(17-14)19-9-8-18(3)12-5-6-12/h10,12H,4-9H2,1-3H3,(H,15,16,17). The van der Waals surface area contributed by atoms with Gasteiger partial charge < -0.3 is 15.0 Å². The molecule has 1 aromatic rings. The minimum atomic E-state index is 0.660. The van der Waals surface area contributed by atoms with Crippen LogP contribution in [0.4, 0.5) is 5.95 Å². The van der Waals surface area contributed by atoms with E-state index in [1.54, 1.807) is 0 Å². The van der Waals surface area contributed by atoms with Crippen LogP contribution in [0.2, 0.25) is 0 Å². The van der Waals surface area contributed by atoms with E-state index in [-0.39, 0.29) is 0 Å². The maximum absolute atomic E-state index is 5.72. The molecule has 2 rings (SSSR count). The van der Waals surface area contributed by atoms with E-state index in [9.17, 15) is 0 Å². The molecule has 0 aliphatic heterocycles. The molecular weight excluding hydrogens is 240 g/mol. The summed E-state index contributed by atoms with van der Waals surface area (Å²) in [6.45, 7) is 6.59. The third-order valence-corrected chi connectivity index (χ3v) is 3.23. The topological polar surface area (TPSA) is 50.3 Å². The summed E-state index contributed by atoms with van der Waals surface area (Å²) in [4.78, 5) is 11.1. The quantitative estimate of drug-likeness (QED) is 0.779. The summed E-state index contributed by atoms with van der Waals surface area (Å²) in [5.41, 5.74) is 0.930. The van der Waals surface area contributed by atoms with E-state index in [1.807, 2.05) is 13.0 Å². The average molecular weight is 264 g/mol. The first-order valence-corrected chi connectivity index (χ1v) is 7.11. The van der Waals surface area contributed by atoms with Crippen LogP contribution in [-0.4, -0.2) is 47.7 Å². The lowest BCUT2D eigenvalue weighted by Crippen LogP contribution is -2.26. The lowest BCUT2D eigenvalue weighted by molar-refractivity contribution is 0.226. The van der Waals surface area contributed by atoms with Crippen LogP contribution in [0.5, 0.6) is 5.88 Å². The molecule has 5 nitrogen and oxygen atoms in total. The summed E-state index contributed by atoms with van der Waals surface area (Å²) >= 11 is 0. The van der Waals surface area contributed by atoms with Gasteiger partial charge in [0.2, 0.25) is 11.8 Å². The van der Waals surface area contributed by atoms with Crippen LogP contribution in [0.1, 0.15) is 31.9 Å².